The minimum Gasteiger partial charge on any atom is -0.497 e. The lowest BCUT2D eigenvalue weighted by atomic mass is 10.0. The fourth-order valence-corrected chi connectivity index (χ4v) is 2.22. The average Bonchev–Trinajstić information content (AvgIpc) is 2.69. The number of rotatable bonds is 9. The molecule has 0 heterocycles. The van der Waals surface area contributed by atoms with Crippen molar-refractivity contribution in [3.05, 3.63) is 60.2 Å². The van der Waals surface area contributed by atoms with E-state index in [2.05, 4.69) is 5.32 Å². The van der Waals surface area contributed by atoms with Gasteiger partial charge in [-0.15, -0.1) is 0 Å². The third-order valence-electron chi connectivity index (χ3n) is 3.75. The normalized spacial score (nSPS) is 11.3. The third-order valence-corrected chi connectivity index (χ3v) is 3.75. The molecule has 2 aromatic carbocycles. The molecule has 1 N–H and O–H groups in total. The maximum Gasteiger partial charge on any atom is 0.344 e. The van der Waals surface area contributed by atoms with Crippen molar-refractivity contribution in [3.8, 4) is 11.5 Å². The van der Waals surface area contributed by atoms with Gasteiger partial charge in [-0.3, -0.25) is 4.79 Å². The van der Waals surface area contributed by atoms with Crippen molar-refractivity contribution < 1.29 is 23.8 Å². The van der Waals surface area contributed by atoms with Crippen molar-refractivity contribution in [2.45, 2.75) is 12.8 Å². The zero-order valence-electron chi connectivity index (χ0n) is 14.9. The summed E-state index contributed by atoms with van der Waals surface area (Å²) in [5.41, 5.74) is 1.14. The molecule has 0 aliphatic heterocycles. The molecule has 2 rings (SSSR count). The number of hydrogen-bond donors (Lipinski definition) is 1. The summed E-state index contributed by atoms with van der Waals surface area (Å²) < 4.78 is 15.2. The second-order valence-electron chi connectivity index (χ2n) is 5.74. The Bertz CT molecular complexity index is 700. The first-order valence-electron chi connectivity index (χ1n) is 8.32. The fraction of sp³-hybridized carbons (Fsp3) is 0.300. The minimum absolute atomic E-state index is 0.175. The molecule has 0 radical (unpaired) electrons. The van der Waals surface area contributed by atoms with Crippen LogP contribution in [0.3, 0.4) is 0 Å². The van der Waals surface area contributed by atoms with Crippen LogP contribution in [0.4, 0.5) is 0 Å². The van der Waals surface area contributed by atoms with Crippen LogP contribution < -0.4 is 14.8 Å². The SMILES string of the molecule is COc1ccc(OCC(=O)OCC(=O)NC[C@H](C)c2ccccc2)cc1. The molecule has 1 atom stereocenters. The van der Waals surface area contributed by atoms with E-state index in [0.717, 1.165) is 5.56 Å². The standard InChI is InChI=1S/C20H23NO5/c1-15(16-6-4-3-5-7-16)12-21-19(22)13-26-20(23)14-25-18-10-8-17(24-2)9-11-18/h3-11,15H,12-14H2,1-2H3,(H,21,22)/t15-/m0/s1. The summed E-state index contributed by atoms with van der Waals surface area (Å²) in [7, 11) is 1.57. The van der Waals surface area contributed by atoms with Gasteiger partial charge >= 0.3 is 5.97 Å². The highest BCUT2D eigenvalue weighted by molar-refractivity contribution is 5.80. The maximum atomic E-state index is 11.8. The number of ether oxygens (including phenoxy) is 3. The largest absolute Gasteiger partial charge is 0.497 e. The highest BCUT2D eigenvalue weighted by Crippen LogP contribution is 2.17. The first-order valence-corrected chi connectivity index (χ1v) is 8.32. The highest BCUT2D eigenvalue weighted by Gasteiger charge is 2.11. The van der Waals surface area contributed by atoms with E-state index >= 15 is 0 Å². The Morgan fingerprint density at radius 2 is 1.62 bits per heavy atom. The van der Waals surface area contributed by atoms with E-state index in [4.69, 9.17) is 14.2 Å². The molecular formula is C20H23NO5. The Hall–Kier alpha value is -3.02. The molecule has 6 nitrogen and oxygen atoms in total. The van der Waals surface area contributed by atoms with Crippen LogP contribution in [0.5, 0.6) is 11.5 Å². The van der Waals surface area contributed by atoms with Crippen molar-refractivity contribution >= 4 is 11.9 Å². The molecule has 0 bridgehead atoms. The van der Waals surface area contributed by atoms with Gasteiger partial charge < -0.3 is 19.5 Å². The second-order valence-corrected chi connectivity index (χ2v) is 5.74. The van der Waals surface area contributed by atoms with E-state index in [-0.39, 0.29) is 25.0 Å². The minimum atomic E-state index is -0.605. The highest BCUT2D eigenvalue weighted by atomic mass is 16.6. The van der Waals surface area contributed by atoms with Crippen molar-refractivity contribution in [1.82, 2.24) is 5.32 Å². The molecule has 0 aliphatic carbocycles. The van der Waals surface area contributed by atoms with Gasteiger partial charge in [0.15, 0.2) is 13.2 Å². The summed E-state index contributed by atoms with van der Waals surface area (Å²) in [6, 6.07) is 16.7. The van der Waals surface area contributed by atoms with Crippen LogP contribution in [0.25, 0.3) is 0 Å². The summed E-state index contributed by atoms with van der Waals surface area (Å²) >= 11 is 0. The van der Waals surface area contributed by atoms with Crippen molar-refractivity contribution in [2.75, 3.05) is 26.9 Å². The molecule has 0 saturated carbocycles. The van der Waals surface area contributed by atoms with E-state index in [0.29, 0.717) is 18.0 Å². The second kappa shape index (κ2) is 10.1. The molecular weight excluding hydrogens is 334 g/mol. The van der Waals surface area contributed by atoms with Crippen LogP contribution in [0.1, 0.15) is 18.4 Å². The Morgan fingerprint density at radius 3 is 2.27 bits per heavy atom. The van der Waals surface area contributed by atoms with Gasteiger partial charge in [0.05, 0.1) is 7.11 Å². The van der Waals surface area contributed by atoms with Gasteiger partial charge in [-0.25, -0.2) is 4.79 Å². The van der Waals surface area contributed by atoms with E-state index in [1.165, 1.54) is 0 Å². The predicted molar refractivity (Wildman–Crippen MR) is 97.3 cm³/mol. The zero-order valence-corrected chi connectivity index (χ0v) is 14.9. The van der Waals surface area contributed by atoms with Gasteiger partial charge in [-0.2, -0.15) is 0 Å². The van der Waals surface area contributed by atoms with Gasteiger partial charge in [0.2, 0.25) is 0 Å². The summed E-state index contributed by atoms with van der Waals surface area (Å²) in [4.78, 5) is 23.4. The van der Waals surface area contributed by atoms with Crippen LogP contribution in [0.2, 0.25) is 0 Å². The van der Waals surface area contributed by atoms with Crippen LogP contribution in [0.15, 0.2) is 54.6 Å². The topological polar surface area (TPSA) is 73.9 Å². The summed E-state index contributed by atoms with van der Waals surface area (Å²) in [5.74, 6) is 0.442. The molecule has 0 fully saturated rings. The Balaban J connectivity index is 1.64. The first kappa shape index (κ1) is 19.3. The number of methoxy groups -OCH3 is 1. The van der Waals surface area contributed by atoms with E-state index < -0.39 is 5.97 Å². The Morgan fingerprint density at radius 1 is 0.962 bits per heavy atom. The Kier molecular flexibility index (Phi) is 7.49. The average molecular weight is 357 g/mol. The van der Waals surface area contributed by atoms with Crippen molar-refractivity contribution in [1.29, 1.82) is 0 Å². The molecule has 138 valence electrons. The van der Waals surface area contributed by atoms with Crippen LogP contribution in [0, 0.1) is 0 Å². The molecule has 1 amide bonds. The summed E-state index contributed by atoms with van der Waals surface area (Å²) in [5, 5.41) is 2.75. The van der Waals surface area contributed by atoms with Gasteiger partial charge in [-0.05, 0) is 35.7 Å². The van der Waals surface area contributed by atoms with Gasteiger partial charge in [0, 0.05) is 6.54 Å². The monoisotopic (exact) mass is 357 g/mol. The lowest BCUT2D eigenvalue weighted by Crippen LogP contribution is -2.32. The lowest BCUT2D eigenvalue weighted by molar-refractivity contribution is -0.150. The maximum absolute atomic E-state index is 11.8. The number of esters is 1. The summed E-state index contributed by atoms with van der Waals surface area (Å²) in [6.45, 7) is 1.90. The molecule has 0 aromatic heterocycles. The first-order chi connectivity index (χ1) is 12.6. The lowest BCUT2D eigenvalue weighted by Gasteiger charge is -2.13. The quantitative estimate of drug-likeness (QED) is 0.698. The van der Waals surface area contributed by atoms with Crippen LogP contribution in [-0.4, -0.2) is 38.7 Å². The number of amides is 1. The molecule has 6 heteroatoms. The number of carbonyl (C=O) groups is 2. The van der Waals surface area contributed by atoms with Crippen molar-refractivity contribution in [2.24, 2.45) is 0 Å². The van der Waals surface area contributed by atoms with E-state index in [1.807, 2.05) is 37.3 Å². The predicted octanol–water partition coefficient (Wildman–Crippen LogP) is 2.54. The van der Waals surface area contributed by atoms with Gasteiger partial charge in [-0.1, -0.05) is 37.3 Å². The Labute approximate surface area is 153 Å². The number of nitrogens with one attached hydrogen (secondary N) is 1. The molecule has 0 unspecified atom stereocenters. The van der Waals surface area contributed by atoms with Crippen molar-refractivity contribution in [3.63, 3.8) is 0 Å². The molecule has 0 saturated heterocycles. The van der Waals surface area contributed by atoms with Crippen LogP contribution >= 0.6 is 0 Å². The molecule has 0 spiro atoms. The van der Waals surface area contributed by atoms with E-state index in [9.17, 15) is 9.59 Å². The third kappa shape index (κ3) is 6.47. The van der Waals surface area contributed by atoms with Crippen LogP contribution in [-0.2, 0) is 14.3 Å². The van der Waals surface area contributed by atoms with Gasteiger partial charge in [0.1, 0.15) is 11.5 Å². The smallest absolute Gasteiger partial charge is 0.344 e. The number of hydrogen-bond acceptors (Lipinski definition) is 5. The van der Waals surface area contributed by atoms with Gasteiger partial charge in [0.25, 0.3) is 5.91 Å². The summed E-state index contributed by atoms with van der Waals surface area (Å²) in [6.07, 6.45) is 0. The number of benzene rings is 2. The number of carbonyl (C=O) groups excluding carboxylic acids is 2. The zero-order chi connectivity index (χ0) is 18.8. The molecule has 26 heavy (non-hydrogen) atoms. The molecule has 2 aromatic rings. The fourth-order valence-electron chi connectivity index (χ4n) is 2.22. The van der Waals surface area contributed by atoms with E-state index in [1.54, 1.807) is 31.4 Å². The molecule has 0 aliphatic rings.